The lowest BCUT2D eigenvalue weighted by Crippen LogP contribution is -2.38. The lowest BCUT2D eigenvalue weighted by Gasteiger charge is -2.22. The number of ether oxygens (including phenoxy) is 7. The Morgan fingerprint density at radius 1 is 0.756 bits per heavy atom. The molecule has 0 radical (unpaired) electrons. The van der Waals surface area contributed by atoms with Gasteiger partial charge in [-0.1, -0.05) is 5.11 Å². The van der Waals surface area contributed by atoms with Crippen LogP contribution >= 0.6 is 0 Å². The number of carbonyl (C=O) groups is 1. The minimum Gasteiger partial charge on any atom is -0.491 e. The first-order valence-corrected chi connectivity index (χ1v) is 14.9. The van der Waals surface area contributed by atoms with Crippen LogP contribution in [0.3, 0.4) is 0 Å². The van der Waals surface area contributed by atoms with Crippen molar-refractivity contribution in [3.8, 4) is 17.1 Å². The molecule has 1 aromatic carbocycles. The second-order valence-corrected chi connectivity index (χ2v) is 9.19. The Labute approximate surface area is 263 Å². The van der Waals surface area contributed by atoms with E-state index in [4.69, 9.17) is 44.4 Å². The van der Waals surface area contributed by atoms with Crippen LogP contribution in [0.25, 0.3) is 21.8 Å². The van der Waals surface area contributed by atoms with Crippen molar-refractivity contribution < 1.29 is 38.0 Å². The van der Waals surface area contributed by atoms with E-state index in [0.717, 1.165) is 5.56 Å². The van der Waals surface area contributed by atoms with E-state index in [1.54, 1.807) is 11.8 Å². The molecule has 0 spiro atoms. The lowest BCUT2D eigenvalue weighted by atomic mass is 10.2. The highest BCUT2D eigenvalue weighted by Crippen LogP contribution is 2.18. The third kappa shape index (κ3) is 18.8. The smallest absolute Gasteiger partial charge is 0.225 e. The third-order valence-electron chi connectivity index (χ3n) is 5.79. The van der Waals surface area contributed by atoms with Crippen molar-refractivity contribution in [2.45, 2.75) is 13.3 Å². The zero-order valence-electron chi connectivity index (χ0n) is 26.0. The molecule has 1 heterocycles. The normalized spacial score (nSPS) is 10.9. The number of nitrogens with two attached hydrogens (primary N) is 1. The van der Waals surface area contributed by atoms with Gasteiger partial charge in [0.1, 0.15) is 12.4 Å². The first-order chi connectivity index (χ1) is 22.1. The van der Waals surface area contributed by atoms with Crippen molar-refractivity contribution in [3.63, 3.8) is 0 Å². The minimum atomic E-state index is -0.0447. The Morgan fingerprint density at radius 3 is 1.87 bits per heavy atom. The molecule has 0 saturated carbocycles. The fraction of sp³-hybridized carbons (Fsp3) is 0.679. The molecule has 0 saturated heterocycles. The molecule has 250 valence electrons. The van der Waals surface area contributed by atoms with Gasteiger partial charge in [0, 0.05) is 36.7 Å². The van der Waals surface area contributed by atoms with E-state index in [1.165, 1.54) is 0 Å². The second kappa shape index (κ2) is 25.8. The second-order valence-electron chi connectivity index (χ2n) is 9.19. The van der Waals surface area contributed by atoms with Crippen molar-refractivity contribution >= 4 is 5.91 Å². The quantitative estimate of drug-likeness (QED) is 0.0603. The standard InChI is InChI=1S/C28H45N9O8/c1-24-32-34-28(35-33-24)25-2-4-26(5-3-25)45-23-22-44-21-20-43-19-18-42-17-14-39-11-6-27(38)37(9-7-29)10-13-41-16-15-40-12-8-31-36-30/h2-5H,6-23,29H2,1H3. The van der Waals surface area contributed by atoms with Gasteiger partial charge in [0.15, 0.2) is 5.82 Å². The first-order valence-electron chi connectivity index (χ1n) is 14.9. The average molecular weight is 636 g/mol. The minimum absolute atomic E-state index is 0.0447. The molecule has 1 aromatic heterocycles. The predicted octanol–water partition coefficient (Wildman–Crippen LogP) is 1.21. The van der Waals surface area contributed by atoms with Gasteiger partial charge in [-0.15, -0.1) is 20.4 Å². The molecule has 0 aliphatic heterocycles. The van der Waals surface area contributed by atoms with Crippen molar-refractivity contribution in [3.05, 3.63) is 40.5 Å². The van der Waals surface area contributed by atoms with E-state index in [0.29, 0.717) is 123 Å². The highest BCUT2D eigenvalue weighted by molar-refractivity contribution is 5.76. The summed E-state index contributed by atoms with van der Waals surface area (Å²) >= 11 is 0. The number of hydrogen-bond acceptors (Lipinski definition) is 14. The summed E-state index contributed by atoms with van der Waals surface area (Å²) in [6.07, 6.45) is 0.252. The van der Waals surface area contributed by atoms with Crippen LogP contribution in [-0.2, 0) is 33.2 Å². The first kappa shape index (κ1) is 37.6. The predicted molar refractivity (Wildman–Crippen MR) is 162 cm³/mol. The van der Waals surface area contributed by atoms with Crippen LogP contribution in [0.2, 0.25) is 0 Å². The highest BCUT2D eigenvalue weighted by atomic mass is 16.6. The molecule has 0 atom stereocenters. The monoisotopic (exact) mass is 635 g/mol. The molecule has 0 unspecified atom stereocenters. The van der Waals surface area contributed by atoms with Gasteiger partial charge in [0.25, 0.3) is 0 Å². The van der Waals surface area contributed by atoms with Crippen LogP contribution in [0.1, 0.15) is 12.2 Å². The van der Waals surface area contributed by atoms with E-state index in [-0.39, 0.29) is 18.9 Å². The maximum absolute atomic E-state index is 12.4. The number of hydrogen-bond donors (Lipinski definition) is 1. The summed E-state index contributed by atoms with van der Waals surface area (Å²) in [4.78, 5) is 16.8. The topological polar surface area (TPSA) is 211 Å². The van der Waals surface area contributed by atoms with Crippen LogP contribution in [0.5, 0.6) is 5.75 Å². The molecule has 45 heavy (non-hydrogen) atoms. The van der Waals surface area contributed by atoms with Crippen LogP contribution < -0.4 is 10.5 Å². The SMILES string of the molecule is Cc1nnc(-c2ccc(OCCOCCOCCOCCOCCC(=O)N(CCN)CCOCCOCCN=[N+]=[N-])cc2)nn1. The van der Waals surface area contributed by atoms with Gasteiger partial charge in [0.05, 0.1) is 85.7 Å². The number of benzene rings is 1. The lowest BCUT2D eigenvalue weighted by molar-refractivity contribution is -0.133. The molecular weight excluding hydrogens is 590 g/mol. The van der Waals surface area contributed by atoms with E-state index in [1.807, 2.05) is 24.3 Å². The average Bonchev–Trinajstić information content (AvgIpc) is 3.05. The number of carbonyl (C=O) groups excluding carboxylic acids is 1. The van der Waals surface area contributed by atoms with Gasteiger partial charge in [-0.25, -0.2) is 0 Å². The number of nitrogens with zero attached hydrogens (tertiary/aromatic N) is 8. The zero-order chi connectivity index (χ0) is 32.2. The summed E-state index contributed by atoms with van der Waals surface area (Å²) in [6, 6.07) is 7.37. The Hall–Kier alpha value is -3.54. The molecular formula is C28H45N9O8. The highest BCUT2D eigenvalue weighted by Gasteiger charge is 2.12. The van der Waals surface area contributed by atoms with Crippen LogP contribution in [0.4, 0.5) is 0 Å². The van der Waals surface area contributed by atoms with Gasteiger partial charge < -0.3 is 43.8 Å². The maximum Gasteiger partial charge on any atom is 0.225 e. The number of aromatic nitrogens is 4. The Kier molecular flexibility index (Phi) is 21.5. The molecule has 2 aromatic rings. The summed E-state index contributed by atoms with van der Waals surface area (Å²) in [5.74, 6) is 1.66. The van der Waals surface area contributed by atoms with Crippen LogP contribution in [0, 0.1) is 6.92 Å². The van der Waals surface area contributed by atoms with Crippen molar-refractivity contribution in [1.29, 1.82) is 0 Å². The van der Waals surface area contributed by atoms with Gasteiger partial charge in [-0.05, 0) is 36.7 Å². The summed E-state index contributed by atoms with van der Waals surface area (Å²) in [6.45, 7) is 8.48. The Morgan fingerprint density at radius 2 is 1.29 bits per heavy atom. The van der Waals surface area contributed by atoms with Crippen LogP contribution in [0.15, 0.2) is 29.4 Å². The van der Waals surface area contributed by atoms with E-state index in [9.17, 15) is 4.79 Å². The maximum atomic E-state index is 12.4. The third-order valence-corrected chi connectivity index (χ3v) is 5.79. The molecule has 0 aliphatic rings. The summed E-state index contributed by atoms with van der Waals surface area (Å²) in [5.41, 5.74) is 14.6. The van der Waals surface area contributed by atoms with Gasteiger partial charge >= 0.3 is 0 Å². The summed E-state index contributed by atoms with van der Waals surface area (Å²) < 4.78 is 38.4. The van der Waals surface area contributed by atoms with E-state index in [2.05, 4.69) is 30.4 Å². The van der Waals surface area contributed by atoms with Crippen molar-refractivity contribution in [2.24, 2.45) is 10.8 Å². The largest absolute Gasteiger partial charge is 0.491 e. The Balaban J connectivity index is 1.36. The van der Waals surface area contributed by atoms with E-state index >= 15 is 0 Å². The molecule has 1 amide bonds. The summed E-state index contributed by atoms with van der Waals surface area (Å²) in [7, 11) is 0. The number of rotatable bonds is 28. The molecule has 0 bridgehead atoms. The molecule has 17 heteroatoms. The molecule has 17 nitrogen and oxygen atoms in total. The molecule has 0 fully saturated rings. The van der Waals surface area contributed by atoms with Gasteiger partial charge in [0.2, 0.25) is 11.7 Å². The van der Waals surface area contributed by atoms with Crippen molar-refractivity contribution in [2.75, 3.05) is 112 Å². The Bertz CT molecular complexity index is 1080. The molecule has 2 N–H and O–H groups in total. The zero-order valence-corrected chi connectivity index (χ0v) is 26.0. The number of aryl methyl sites for hydroxylation is 1. The van der Waals surface area contributed by atoms with Gasteiger partial charge in [-0.3, -0.25) is 4.79 Å². The fourth-order valence-electron chi connectivity index (χ4n) is 3.56. The van der Waals surface area contributed by atoms with Gasteiger partial charge in [-0.2, -0.15) is 0 Å². The molecule has 2 rings (SSSR count). The van der Waals surface area contributed by atoms with Crippen LogP contribution in [-0.4, -0.2) is 143 Å². The molecule has 0 aliphatic carbocycles. The number of azide groups is 1. The van der Waals surface area contributed by atoms with Crippen molar-refractivity contribution in [1.82, 2.24) is 25.3 Å². The summed E-state index contributed by atoms with van der Waals surface area (Å²) in [5, 5.41) is 19.2. The fourth-order valence-corrected chi connectivity index (χ4v) is 3.56. The van der Waals surface area contributed by atoms with E-state index < -0.39 is 0 Å². The number of amides is 1.